The fourth-order valence-electron chi connectivity index (χ4n) is 4.75. The lowest BCUT2D eigenvalue weighted by Crippen LogP contribution is -2.47. The van der Waals surface area contributed by atoms with Crippen LogP contribution in [0.25, 0.3) is 0 Å². The van der Waals surface area contributed by atoms with Crippen LogP contribution < -0.4 is 0 Å². The third kappa shape index (κ3) is 1.57. The third-order valence-electron chi connectivity index (χ3n) is 5.56. The molecule has 0 aliphatic heterocycles. The molecule has 3 rings (SSSR count). The Balaban J connectivity index is 2.11. The molecule has 0 radical (unpaired) electrons. The zero-order valence-corrected chi connectivity index (χ0v) is 11.4. The third-order valence-corrected chi connectivity index (χ3v) is 5.56. The van der Waals surface area contributed by atoms with Crippen LogP contribution in [0, 0.1) is 11.3 Å². The quantitative estimate of drug-likeness (QED) is 0.603. The molecule has 2 aliphatic carbocycles. The van der Waals surface area contributed by atoms with Crippen LogP contribution >= 0.6 is 0 Å². The van der Waals surface area contributed by atoms with Crippen molar-refractivity contribution in [1.29, 1.82) is 0 Å². The minimum atomic E-state index is 0.441. The Bertz CT molecular complexity index is 429. The zero-order chi connectivity index (χ0) is 12.1. The summed E-state index contributed by atoms with van der Waals surface area (Å²) in [6, 6.07) is 9.17. The van der Waals surface area contributed by atoms with Gasteiger partial charge in [-0.3, -0.25) is 0 Å². The van der Waals surface area contributed by atoms with Crippen LogP contribution in [0.2, 0.25) is 0 Å². The highest BCUT2D eigenvalue weighted by Crippen LogP contribution is 2.56. The summed E-state index contributed by atoms with van der Waals surface area (Å²) < 4.78 is 0. The van der Waals surface area contributed by atoms with E-state index in [-0.39, 0.29) is 0 Å². The maximum atomic E-state index is 2.52. The van der Waals surface area contributed by atoms with Gasteiger partial charge in [0.05, 0.1) is 0 Å². The molecule has 2 aliphatic rings. The van der Waals surface area contributed by atoms with Gasteiger partial charge in [0.2, 0.25) is 0 Å². The van der Waals surface area contributed by atoms with Crippen molar-refractivity contribution >= 4 is 0 Å². The lowest BCUT2D eigenvalue weighted by atomic mass is 9.50. The first kappa shape index (κ1) is 11.3. The van der Waals surface area contributed by atoms with E-state index >= 15 is 0 Å². The van der Waals surface area contributed by atoms with Gasteiger partial charge < -0.3 is 0 Å². The van der Waals surface area contributed by atoms with E-state index in [1.54, 1.807) is 11.1 Å². The highest BCUT2D eigenvalue weighted by Gasteiger charge is 2.49. The van der Waals surface area contributed by atoms with Gasteiger partial charge >= 0.3 is 0 Å². The second-order valence-electron chi connectivity index (χ2n) is 7.01. The monoisotopic (exact) mass is 228 g/mol. The molecule has 1 aromatic rings. The van der Waals surface area contributed by atoms with Crippen LogP contribution in [0.15, 0.2) is 24.3 Å². The molecule has 1 saturated carbocycles. The fraction of sp³-hybridized carbons (Fsp3) is 0.647. The van der Waals surface area contributed by atoms with Crippen LogP contribution in [0.3, 0.4) is 0 Å². The van der Waals surface area contributed by atoms with Crippen molar-refractivity contribution in [3.05, 3.63) is 35.4 Å². The molecule has 0 N–H and O–H groups in total. The molecule has 0 heterocycles. The summed E-state index contributed by atoms with van der Waals surface area (Å²) >= 11 is 0. The molecule has 17 heavy (non-hydrogen) atoms. The highest BCUT2D eigenvalue weighted by atomic mass is 14.5. The molecule has 0 aromatic heterocycles. The van der Waals surface area contributed by atoms with E-state index in [9.17, 15) is 0 Å². The molecule has 0 nitrogen and oxygen atoms in total. The number of hydrogen-bond acceptors (Lipinski definition) is 0. The summed E-state index contributed by atoms with van der Waals surface area (Å²) in [5.74, 6) is 0.874. The Kier molecular flexibility index (Phi) is 2.40. The van der Waals surface area contributed by atoms with Crippen molar-refractivity contribution in [2.24, 2.45) is 11.3 Å². The maximum Gasteiger partial charge on any atom is -0.00391 e. The first-order valence-electron chi connectivity index (χ1n) is 7.12. The van der Waals surface area contributed by atoms with Gasteiger partial charge in [-0.1, -0.05) is 51.5 Å². The van der Waals surface area contributed by atoms with Gasteiger partial charge in [-0.25, -0.2) is 0 Å². The summed E-state index contributed by atoms with van der Waals surface area (Å²) in [4.78, 5) is 0. The predicted molar refractivity (Wildman–Crippen MR) is 73.2 cm³/mol. The predicted octanol–water partition coefficient (Wildman–Crippen LogP) is 4.72. The van der Waals surface area contributed by atoms with E-state index in [4.69, 9.17) is 0 Å². The number of benzene rings is 1. The van der Waals surface area contributed by atoms with Crippen molar-refractivity contribution in [3.63, 3.8) is 0 Å². The average Bonchev–Trinajstić information content (AvgIpc) is 2.28. The Morgan fingerprint density at radius 3 is 2.65 bits per heavy atom. The normalized spacial score (nSPS) is 34.9. The van der Waals surface area contributed by atoms with Gasteiger partial charge in [-0.15, -0.1) is 0 Å². The van der Waals surface area contributed by atoms with E-state index in [0.29, 0.717) is 10.8 Å². The molecule has 1 fully saturated rings. The van der Waals surface area contributed by atoms with E-state index in [2.05, 4.69) is 45.0 Å². The molecule has 2 atom stereocenters. The Morgan fingerprint density at radius 1 is 1.06 bits per heavy atom. The van der Waals surface area contributed by atoms with E-state index < -0.39 is 0 Å². The van der Waals surface area contributed by atoms with Crippen molar-refractivity contribution in [3.8, 4) is 0 Å². The molecular weight excluding hydrogens is 204 g/mol. The number of rotatable bonds is 0. The smallest absolute Gasteiger partial charge is 0.00391 e. The highest BCUT2D eigenvalue weighted by molar-refractivity contribution is 5.38. The Hall–Kier alpha value is -0.780. The summed E-state index contributed by atoms with van der Waals surface area (Å²) in [6.07, 6.45) is 6.88. The van der Waals surface area contributed by atoms with Crippen molar-refractivity contribution in [2.75, 3.05) is 0 Å². The lowest BCUT2D eigenvalue weighted by molar-refractivity contribution is 0.0407. The molecule has 0 bridgehead atoms. The van der Waals surface area contributed by atoms with E-state index in [0.717, 1.165) is 5.92 Å². The summed E-state index contributed by atoms with van der Waals surface area (Å²) in [5.41, 5.74) is 4.24. The van der Waals surface area contributed by atoms with Crippen LogP contribution in [0.1, 0.15) is 57.6 Å². The van der Waals surface area contributed by atoms with Crippen LogP contribution in [0.5, 0.6) is 0 Å². The van der Waals surface area contributed by atoms with Gasteiger partial charge in [0.25, 0.3) is 0 Å². The first-order valence-corrected chi connectivity index (χ1v) is 7.12. The van der Waals surface area contributed by atoms with Crippen molar-refractivity contribution in [2.45, 2.75) is 58.3 Å². The SMILES string of the molecule is CC1(C)CCC[C@@]2(C)c3ccccc3CC[C@H]12. The standard InChI is InChI=1S/C17H24/c1-16(2)11-6-12-17(3)14-8-5-4-7-13(14)9-10-15(16)17/h4-5,7-8,15H,6,9-12H2,1-3H3/t15-,17+/m1/s1. The average molecular weight is 228 g/mol. The van der Waals surface area contributed by atoms with Crippen LogP contribution in [-0.2, 0) is 11.8 Å². The molecule has 1 aromatic carbocycles. The summed E-state index contributed by atoms with van der Waals surface area (Å²) in [7, 11) is 0. The van der Waals surface area contributed by atoms with E-state index in [1.165, 1.54) is 32.1 Å². The zero-order valence-electron chi connectivity index (χ0n) is 11.4. The lowest BCUT2D eigenvalue weighted by Gasteiger charge is -2.54. The Morgan fingerprint density at radius 2 is 1.82 bits per heavy atom. The summed E-state index contributed by atoms with van der Waals surface area (Å²) in [6.45, 7) is 7.50. The molecule has 0 unspecified atom stereocenters. The second-order valence-corrected chi connectivity index (χ2v) is 7.01. The number of hydrogen-bond donors (Lipinski definition) is 0. The second kappa shape index (κ2) is 3.60. The minimum Gasteiger partial charge on any atom is -0.0620 e. The van der Waals surface area contributed by atoms with Gasteiger partial charge in [0, 0.05) is 0 Å². The van der Waals surface area contributed by atoms with Crippen LogP contribution in [-0.4, -0.2) is 0 Å². The first-order chi connectivity index (χ1) is 8.04. The molecule has 0 spiro atoms. The number of fused-ring (bicyclic) bond motifs is 3. The summed E-state index contributed by atoms with van der Waals surface area (Å²) in [5, 5.41) is 0. The minimum absolute atomic E-state index is 0.441. The van der Waals surface area contributed by atoms with E-state index in [1.807, 2.05) is 0 Å². The molecular formula is C17H24. The largest absolute Gasteiger partial charge is 0.0620 e. The topological polar surface area (TPSA) is 0 Å². The molecule has 92 valence electrons. The maximum absolute atomic E-state index is 2.52. The molecule has 0 heteroatoms. The molecule has 0 saturated heterocycles. The molecule has 0 amide bonds. The van der Waals surface area contributed by atoms with Gasteiger partial charge in [0.15, 0.2) is 0 Å². The fourth-order valence-corrected chi connectivity index (χ4v) is 4.75. The van der Waals surface area contributed by atoms with Crippen LogP contribution in [0.4, 0.5) is 0 Å². The van der Waals surface area contributed by atoms with Crippen molar-refractivity contribution in [1.82, 2.24) is 0 Å². The Labute approximate surface area is 105 Å². The number of aryl methyl sites for hydroxylation is 1. The van der Waals surface area contributed by atoms with Gasteiger partial charge in [0.1, 0.15) is 0 Å². The van der Waals surface area contributed by atoms with Crippen molar-refractivity contribution < 1.29 is 0 Å². The van der Waals surface area contributed by atoms with Gasteiger partial charge in [-0.05, 0) is 53.6 Å². The van der Waals surface area contributed by atoms with Gasteiger partial charge in [-0.2, -0.15) is 0 Å².